The Hall–Kier alpha value is -2.41. The third-order valence-corrected chi connectivity index (χ3v) is 4.31. The van der Waals surface area contributed by atoms with Crippen LogP contribution in [-0.2, 0) is 4.74 Å². The van der Waals surface area contributed by atoms with Crippen LogP contribution in [0.1, 0.15) is 19.0 Å². The number of nitrogens with one attached hydrogen (secondary N) is 2. The van der Waals surface area contributed by atoms with Gasteiger partial charge in [0.1, 0.15) is 11.5 Å². The summed E-state index contributed by atoms with van der Waals surface area (Å²) in [5, 5.41) is 9.79. The summed E-state index contributed by atoms with van der Waals surface area (Å²) in [5.41, 5.74) is 1.53. The number of carbonyl (C=O) groups excluding carboxylic acids is 1. The fraction of sp³-hybridized carbons (Fsp3) is 0.412. The molecule has 1 aliphatic rings. The summed E-state index contributed by atoms with van der Waals surface area (Å²) in [4.78, 5) is 12.1. The highest BCUT2D eigenvalue weighted by atomic mass is 19.1. The lowest BCUT2D eigenvalue weighted by molar-refractivity contribution is 0.159. The van der Waals surface area contributed by atoms with E-state index >= 15 is 0 Å². The molecule has 0 spiro atoms. The standard InChI is InChI=1S/C17H21FN4O2/c1-12-14(9-20-22(12)15-6-4-3-5-13(15)18)21-16(23)19-10-17(2)7-8-24-11-17/h3-6,9H,7-8,10-11H2,1-2H3,(H2,19,21,23). The number of benzene rings is 1. The van der Waals surface area contributed by atoms with Crippen molar-refractivity contribution >= 4 is 11.7 Å². The maximum Gasteiger partial charge on any atom is 0.319 e. The van der Waals surface area contributed by atoms with Crippen LogP contribution >= 0.6 is 0 Å². The Balaban J connectivity index is 1.66. The van der Waals surface area contributed by atoms with Crippen LogP contribution in [0.3, 0.4) is 0 Å². The molecule has 1 fully saturated rings. The van der Waals surface area contributed by atoms with Gasteiger partial charge in [0.05, 0.1) is 24.2 Å². The van der Waals surface area contributed by atoms with Crippen molar-refractivity contribution in [3.05, 3.63) is 42.0 Å². The predicted octanol–water partition coefficient (Wildman–Crippen LogP) is 2.87. The van der Waals surface area contributed by atoms with Crippen molar-refractivity contribution in [2.24, 2.45) is 5.41 Å². The Bertz CT molecular complexity index is 738. The zero-order valence-corrected chi connectivity index (χ0v) is 13.8. The Morgan fingerprint density at radius 1 is 1.46 bits per heavy atom. The Kier molecular flexibility index (Phi) is 4.53. The number of anilines is 1. The minimum atomic E-state index is -0.367. The van der Waals surface area contributed by atoms with Crippen LogP contribution < -0.4 is 10.6 Å². The molecule has 6 nitrogen and oxygen atoms in total. The summed E-state index contributed by atoms with van der Waals surface area (Å²) in [6.45, 7) is 5.79. The van der Waals surface area contributed by atoms with Crippen molar-refractivity contribution in [1.82, 2.24) is 15.1 Å². The van der Waals surface area contributed by atoms with Crippen LogP contribution in [0.4, 0.5) is 14.9 Å². The number of rotatable bonds is 4. The average molecular weight is 332 g/mol. The van der Waals surface area contributed by atoms with E-state index in [-0.39, 0.29) is 17.3 Å². The number of aromatic nitrogens is 2. The van der Waals surface area contributed by atoms with Crippen molar-refractivity contribution in [2.75, 3.05) is 25.1 Å². The minimum Gasteiger partial charge on any atom is -0.381 e. The van der Waals surface area contributed by atoms with Gasteiger partial charge in [-0.2, -0.15) is 5.10 Å². The third kappa shape index (κ3) is 3.41. The van der Waals surface area contributed by atoms with Crippen LogP contribution in [0.2, 0.25) is 0 Å². The smallest absolute Gasteiger partial charge is 0.319 e. The Labute approximate surface area is 140 Å². The second kappa shape index (κ2) is 6.60. The van der Waals surface area contributed by atoms with Crippen LogP contribution in [0.15, 0.2) is 30.5 Å². The minimum absolute atomic E-state index is 0.0241. The molecule has 0 saturated carbocycles. The molecule has 1 saturated heterocycles. The van der Waals surface area contributed by atoms with Crippen LogP contribution in [-0.4, -0.2) is 35.6 Å². The van der Waals surface area contributed by atoms with E-state index in [4.69, 9.17) is 4.74 Å². The fourth-order valence-electron chi connectivity index (χ4n) is 2.71. The number of halogens is 1. The lowest BCUT2D eigenvalue weighted by Gasteiger charge is -2.21. The zero-order valence-electron chi connectivity index (χ0n) is 13.8. The van der Waals surface area contributed by atoms with Crippen molar-refractivity contribution in [2.45, 2.75) is 20.3 Å². The van der Waals surface area contributed by atoms with Crippen molar-refractivity contribution < 1.29 is 13.9 Å². The lowest BCUT2D eigenvalue weighted by Crippen LogP contribution is -2.38. The molecule has 2 N–H and O–H groups in total. The normalized spacial score (nSPS) is 20.1. The zero-order chi connectivity index (χ0) is 17.2. The van der Waals surface area contributed by atoms with Gasteiger partial charge in [0, 0.05) is 18.6 Å². The van der Waals surface area contributed by atoms with Gasteiger partial charge in [-0.1, -0.05) is 19.1 Å². The van der Waals surface area contributed by atoms with E-state index in [2.05, 4.69) is 22.7 Å². The second-order valence-electron chi connectivity index (χ2n) is 6.43. The summed E-state index contributed by atoms with van der Waals surface area (Å²) in [7, 11) is 0. The first kappa shape index (κ1) is 16.4. The molecule has 128 valence electrons. The molecule has 2 amide bonds. The van der Waals surface area contributed by atoms with Gasteiger partial charge in [0.15, 0.2) is 0 Å². The van der Waals surface area contributed by atoms with E-state index in [1.54, 1.807) is 25.1 Å². The van der Waals surface area contributed by atoms with E-state index in [1.165, 1.54) is 16.9 Å². The predicted molar refractivity (Wildman–Crippen MR) is 88.8 cm³/mol. The molecule has 2 heterocycles. The number of amides is 2. The first-order chi connectivity index (χ1) is 11.5. The summed E-state index contributed by atoms with van der Waals surface area (Å²) in [6.07, 6.45) is 2.44. The molecule has 2 aromatic rings. The summed E-state index contributed by atoms with van der Waals surface area (Å²) < 4.78 is 20.7. The third-order valence-electron chi connectivity index (χ3n) is 4.31. The van der Waals surface area contributed by atoms with Crippen molar-refractivity contribution in [3.63, 3.8) is 0 Å². The molecule has 1 aromatic heterocycles. The SMILES string of the molecule is Cc1c(NC(=O)NCC2(C)CCOC2)cnn1-c1ccccc1F. The van der Waals surface area contributed by atoms with Gasteiger partial charge in [0.25, 0.3) is 0 Å². The van der Waals surface area contributed by atoms with Gasteiger partial charge in [-0.3, -0.25) is 0 Å². The molecule has 1 aliphatic heterocycles. The molecule has 0 bridgehead atoms. The Morgan fingerprint density at radius 3 is 2.96 bits per heavy atom. The number of hydrogen-bond acceptors (Lipinski definition) is 3. The quantitative estimate of drug-likeness (QED) is 0.904. The van der Waals surface area contributed by atoms with Gasteiger partial charge in [-0.25, -0.2) is 13.9 Å². The molecule has 24 heavy (non-hydrogen) atoms. The first-order valence-electron chi connectivity index (χ1n) is 7.91. The molecular formula is C17H21FN4O2. The highest BCUT2D eigenvalue weighted by Gasteiger charge is 2.30. The van der Waals surface area contributed by atoms with Crippen LogP contribution in [0.5, 0.6) is 0 Å². The molecule has 1 atom stereocenters. The number of para-hydroxylation sites is 1. The molecule has 0 aliphatic carbocycles. The molecular weight excluding hydrogens is 311 g/mol. The van der Waals surface area contributed by atoms with Crippen molar-refractivity contribution in [3.8, 4) is 5.69 Å². The maximum absolute atomic E-state index is 13.9. The second-order valence-corrected chi connectivity index (χ2v) is 6.43. The molecule has 7 heteroatoms. The molecule has 1 aromatic carbocycles. The van der Waals surface area contributed by atoms with E-state index in [9.17, 15) is 9.18 Å². The monoisotopic (exact) mass is 332 g/mol. The van der Waals surface area contributed by atoms with Gasteiger partial charge < -0.3 is 15.4 Å². The maximum atomic E-state index is 13.9. The van der Waals surface area contributed by atoms with Crippen LogP contribution in [0.25, 0.3) is 5.69 Å². The molecule has 3 rings (SSSR count). The van der Waals surface area contributed by atoms with Crippen molar-refractivity contribution in [1.29, 1.82) is 0 Å². The number of urea groups is 1. The summed E-state index contributed by atoms with van der Waals surface area (Å²) in [5.74, 6) is -0.367. The Morgan fingerprint density at radius 2 is 2.25 bits per heavy atom. The number of ether oxygens (including phenoxy) is 1. The number of carbonyl (C=O) groups is 1. The van der Waals surface area contributed by atoms with E-state index < -0.39 is 0 Å². The first-order valence-corrected chi connectivity index (χ1v) is 7.91. The van der Waals surface area contributed by atoms with Gasteiger partial charge in [-0.15, -0.1) is 0 Å². The van der Waals surface area contributed by atoms with Gasteiger partial charge in [-0.05, 0) is 25.5 Å². The fourth-order valence-corrected chi connectivity index (χ4v) is 2.71. The number of nitrogens with zero attached hydrogens (tertiary/aromatic N) is 2. The highest BCUT2D eigenvalue weighted by Crippen LogP contribution is 2.26. The molecule has 0 radical (unpaired) electrons. The van der Waals surface area contributed by atoms with Crippen LogP contribution in [0, 0.1) is 18.2 Å². The average Bonchev–Trinajstić information content (AvgIpc) is 3.14. The topological polar surface area (TPSA) is 68.2 Å². The summed E-state index contributed by atoms with van der Waals surface area (Å²) >= 11 is 0. The highest BCUT2D eigenvalue weighted by molar-refractivity contribution is 5.89. The lowest BCUT2D eigenvalue weighted by atomic mass is 9.90. The van der Waals surface area contributed by atoms with E-state index in [0.29, 0.717) is 30.2 Å². The largest absolute Gasteiger partial charge is 0.381 e. The van der Waals surface area contributed by atoms with Gasteiger partial charge >= 0.3 is 6.03 Å². The van der Waals surface area contributed by atoms with Gasteiger partial charge in [0.2, 0.25) is 0 Å². The summed E-state index contributed by atoms with van der Waals surface area (Å²) in [6, 6.07) is 6.07. The molecule has 1 unspecified atom stereocenters. The van der Waals surface area contributed by atoms with E-state index in [1.807, 2.05) is 0 Å². The number of hydrogen-bond donors (Lipinski definition) is 2. The van der Waals surface area contributed by atoms with E-state index in [0.717, 1.165) is 13.0 Å².